The molecule has 0 bridgehead atoms. The Morgan fingerprint density at radius 2 is 1.83 bits per heavy atom. The zero-order valence-corrected chi connectivity index (χ0v) is 10.3. The van der Waals surface area contributed by atoms with Crippen molar-refractivity contribution < 1.29 is 0 Å². The van der Waals surface area contributed by atoms with Gasteiger partial charge in [0, 0.05) is 10.7 Å². The van der Waals surface area contributed by atoms with Gasteiger partial charge in [-0.15, -0.1) is 0 Å². The Morgan fingerprint density at radius 1 is 1.08 bits per heavy atom. The standard InChI is InChI=1S/C10H12Br2/c1-2-9-5-8(6-11)3-4-10(9)7-12/h3-5H,2,6-7H2,1H3. The van der Waals surface area contributed by atoms with E-state index in [1.54, 1.807) is 0 Å². The summed E-state index contributed by atoms with van der Waals surface area (Å²) >= 11 is 6.94. The van der Waals surface area contributed by atoms with Crippen molar-refractivity contribution in [2.24, 2.45) is 0 Å². The number of halogens is 2. The molecule has 1 aromatic rings. The molecule has 0 radical (unpaired) electrons. The van der Waals surface area contributed by atoms with Gasteiger partial charge in [0.15, 0.2) is 0 Å². The molecule has 0 saturated carbocycles. The lowest BCUT2D eigenvalue weighted by Gasteiger charge is -2.06. The predicted octanol–water partition coefficient (Wildman–Crippen LogP) is 4.04. The number of rotatable bonds is 3. The fourth-order valence-corrected chi connectivity index (χ4v) is 2.12. The van der Waals surface area contributed by atoms with Crippen LogP contribution in [-0.2, 0) is 17.1 Å². The second-order valence-corrected chi connectivity index (χ2v) is 3.85. The molecule has 2 heteroatoms. The van der Waals surface area contributed by atoms with Gasteiger partial charge in [-0.2, -0.15) is 0 Å². The van der Waals surface area contributed by atoms with Crippen molar-refractivity contribution in [2.75, 3.05) is 0 Å². The van der Waals surface area contributed by atoms with Crippen LogP contribution in [0.3, 0.4) is 0 Å². The minimum Gasteiger partial charge on any atom is -0.0876 e. The molecule has 0 aliphatic heterocycles. The summed E-state index contributed by atoms with van der Waals surface area (Å²) in [6, 6.07) is 6.64. The molecule has 0 aliphatic rings. The minimum atomic E-state index is 0.947. The van der Waals surface area contributed by atoms with Crippen molar-refractivity contribution in [3.8, 4) is 0 Å². The van der Waals surface area contributed by atoms with Gasteiger partial charge >= 0.3 is 0 Å². The van der Waals surface area contributed by atoms with E-state index in [1.807, 2.05) is 0 Å². The largest absolute Gasteiger partial charge is 0.0876 e. The summed E-state index contributed by atoms with van der Waals surface area (Å²) in [6.07, 6.45) is 1.11. The van der Waals surface area contributed by atoms with E-state index in [1.165, 1.54) is 16.7 Å². The van der Waals surface area contributed by atoms with Crippen molar-refractivity contribution in [1.29, 1.82) is 0 Å². The summed E-state index contributed by atoms with van der Waals surface area (Å²) < 4.78 is 0. The lowest BCUT2D eigenvalue weighted by Crippen LogP contribution is -1.90. The van der Waals surface area contributed by atoms with E-state index in [0.29, 0.717) is 0 Å². The third-order valence-corrected chi connectivity index (χ3v) is 3.20. The summed E-state index contributed by atoms with van der Waals surface area (Å²) in [7, 11) is 0. The van der Waals surface area contributed by atoms with Gasteiger partial charge in [-0.25, -0.2) is 0 Å². The number of alkyl halides is 2. The molecule has 1 aromatic carbocycles. The Balaban J connectivity index is 3.02. The second-order valence-electron chi connectivity index (χ2n) is 2.72. The molecule has 66 valence electrons. The molecule has 0 aromatic heterocycles. The second kappa shape index (κ2) is 5.03. The highest BCUT2D eigenvalue weighted by Crippen LogP contribution is 2.17. The van der Waals surface area contributed by atoms with Gasteiger partial charge in [-0.3, -0.25) is 0 Å². The average molecular weight is 292 g/mol. The number of aryl methyl sites for hydroxylation is 1. The summed E-state index contributed by atoms with van der Waals surface area (Å²) in [5.74, 6) is 0. The molecule has 0 N–H and O–H groups in total. The highest BCUT2D eigenvalue weighted by molar-refractivity contribution is 9.08. The van der Waals surface area contributed by atoms with E-state index in [0.717, 1.165) is 17.1 Å². The Morgan fingerprint density at radius 3 is 2.33 bits per heavy atom. The summed E-state index contributed by atoms with van der Waals surface area (Å²) in [6.45, 7) is 2.19. The quantitative estimate of drug-likeness (QED) is 0.738. The predicted molar refractivity (Wildman–Crippen MR) is 61.1 cm³/mol. The average Bonchev–Trinajstić information content (AvgIpc) is 2.16. The first-order valence-corrected chi connectivity index (χ1v) is 6.28. The van der Waals surface area contributed by atoms with Gasteiger partial charge in [-0.1, -0.05) is 57.0 Å². The lowest BCUT2D eigenvalue weighted by atomic mass is 10.0. The zero-order valence-electron chi connectivity index (χ0n) is 7.11. The molecule has 0 saturated heterocycles. The summed E-state index contributed by atoms with van der Waals surface area (Å²) in [5, 5.41) is 1.90. The Labute approximate surface area is 90.6 Å². The van der Waals surface area contributed by atoms with Crippen molar-refractivity contribution in [3.63, 3.8) is 0 Å². The van der Waals surface area contributed by atoms with Crippen LogP contribution in [0.1, 0.15) is 23.6 Å². The van der Waals surface area contributed by atoms with Crippen LogP contribution in [-0.4, -0.2) is 0 Å². The molecular weight excluding hydrogens is 280 g/mol. The summed E-state index contributed by atoms with van der Waals surface area (Å²) in [4.78, 5) is 0. The molecule has 0 fully saturated rings. The third-order valence-electron chi connectivity index (χ3n) is 1.95. The summed E-state index contributed by atoms with van der Waals surface area (Å²) in [5.41, 5.74) is 4.21. The topological polar surface area (TPSA) is 0 Å². The first-order valence-electron chi connectivity index (χ1n) is 4.04. The normalized spacial score (nSPS) is 10.2. The number of hydrogen-bond acceptors (Lipinski definition) is 0. The highest BCUT2D eigenvalue weighted by Gasteiger charge is 1.99. The fraction of sp³-hybridized carbons (Fsp3) is 0.400. The van der Waals surface area contributed by atoms with Gasteiger partial charge < -0.3 is 0 Å². The Bertz CT molecular complexity index is 256. The molecule has 0 atom stereocenters. The van der Waals surface area contributed by atoms with Crippen LogP contribution in [0.2, 0.25) is 0 Å². The molecule has 0 amide bonds. The van der Waals surface area contributed by atoms with Crippen LogP contribution >= 0.6 is 31.9 Å². The van der Waals surface area contributed by atoms with Gasteiger partial charge in [0.05, 0.1) is 0 Å². The van der Waals surface area contributed by atoms with E-state index < -0.39 is 0 Å². The van der Waals surface area contributed by atoms with Crippen LogP contribution in [0, 0.1) is 0 Å². The molecule has 0 spiro atoms. The first kappa shape index (κ1) is 10.3. The van der Waals surface area contributed by atoms with Crippen LogP contribution in [0.25, 0.3) is 0 Å². The van der Waals surface area contributed by atoms with Gasteiger partial charge in [0.2, 0.25) is 0 Å². The lowest BCUT2D eigenvalue weighted by molar-refractivity contribution is 1.09. The molecule has 12 heavy (non-hydrogen) atoms. The van der Waals surface area contributed by atoms with Gasteiger partial charge in [0.1, 0.15) is 0 Å². The molecule has 0 nitrogen and oxygen atoms in total. The van der Waals surface area contributed by atoms with Crippen molar-refractivity contribution in [3.05, 3.63) is 34.9 Å². The van der Waals surface area contributed by atoms with Crippen LogP contribution in [0.4, 0.5) is 0 Å². The van der Waals surface area contributed by atoms with Gasteiger partial charge in [0.25, 0.3) is 0 Å². The molecule has 1 rings (SSSR count). The SMILES string of the molecule is CCc1cc(CBr)ccc1CBr. The van der Waals surface area contributed by atoms with E-state index in [-0.39, 0.29) is 0 Å². The van der Waals surface area contributed by atoms with Crippen molar-refractivity contribution in [2.45, 2.75) is 24.0 Å². The maximum absolute atomic E-state index is 3.48. The van der Waals surface area contributed by atoms with E-state index in [9.17, 15) is 0 Å². The molecule has 0 heterocycles. The monoisotopic (exact) mass is 290 g/mol. The first-order chi connectivity index (χ1) is 5.81. The number of hydrogen-bond donors (Lipinski definition) is 0. The van der Waals surface area contributed by atoms with Crippen LogP contribution in [0.5, 0.6) is 0 Å². The van der Waals surface area contributed by atoms with Crippen molar-refractivity contribution in [1.82, 2.24) is 0 Å². The Kier molecular flexibility index (Phi) is 4.30. The fourth-order valence-electron chi connectivity index (χ4n) is 1.22. The van der Waals surface area contributed by atoms with E-state index in [2.05, 4.69) is 57.0 Å². The van der Waals surface area contributed by atoms with E-state index >= 15 is 0 Å². The third kappa shape index (κ3) is 2.33. The van der Waals surface area contributed by atoms with E-state index in [4.69, 9.17) is 0 Å². The number of benzene rings is 1. The molecular formula is C10H12Br2. The highest BCUT2D eigenvalue weighted by atomic mass is 79.9. The van der Waals surface area contributed by atoms with Crippen LogP contribution < -0.4 is 0 Å². The van der Waals surface area contributed by atoms with Gasteiger partial charge in [-0.05, 0) is 23.1 Å². The van der Waals surface area contributed by atoms with Crippen molar-refractivity contribution >= 4 is 31.9 Å². The molecule has 0 unspecified atom stereocenters. The Hall–Kier alpha value is 0.180. The maximum Gasteiger partial charge on any atom is 0.0285 e. The smallest absolute Gasteiger partial charge is 0.0285 e. The maximum atomic E-state index is 3.48. The molecule has 0 aliphatic carbocycles. The van der Waals surface area contributed by atoms with Crippen LogP contribution in [0.15, 0.2) is 18.2 Å². The zero-order chi connectivity index (χ0) is 8.97. The minimum absolute atomic E-state index is 0.947.